The molecule has 0 N–H and O–H groups in total. The summed E-state index contributed by atoms with van der Waals surface area (Å²) in [5.74, 6) is 0.778. The largest absolute Gasteiger partial charge is 0.456 e. The van der Waals surface area contributed by atoms with Crippen LogP contribution in [0.25, 0.3) is 34.2 Å². The average Bonchev–Trinajstić information content (AvgIpc) is 3.42. The Kier molecular flexibility index (Phi) is 5.57. The van der Waals surface area contributed by atoms with E-state index in [1.54, 1.807) is 36.4 Å². The van der Waals surface area contributed by atoms with Gasteiger partial charge in [-0.2, -0.15) is 5.26 Å². The first-order valence-corrected chi connectivity index (χ1v) is 10.4. The maximum absolute atomic E-state index is 11.2. The third-order valence-electron chi connectivity index (χ3n) is 4.27. The number of benzene rings is 2. The van der Waals surface area contributed by atoms with Crippen molar-refractivity contribution in [2.45, 2.75) is 0 Å². The molecular formula is C22H12BrN3O3S. The van der Waals surface area contributed by atoms with Crippen LogP contribution in [-0.4, -0.2) is 9.91 Å². The summed E-state index contributed by atoms with van der Waals surface area (Å²) in [6.45, 7) is 0. The molecule has 0 unspecified atom stereocenters. The van der Waals surface area contributed by atoms with E-state index >= 15 is 0 Å². The maximum Gasteiger partial charge on any atom is 0.280 e. The first-order chi connectivity index (χ1) is 14.5. The molecule has 0 atom stereocenters. The third kappa shape index (κ3) is 4.08. The van der Waals surface area contributed by atoms with Gasteiger partial charge in [-0.1, -0.05) is 40.2 Å². The number of nitro groups is 1. The molecule has 0 bridgehead atoms. The Bertz CT molecular complexity index is 1300. The minimum absolute atomic E-state index is 0.0399. The van der Waals surface area contributed by atoms with Gasteiger partial charge < -0.3 is 4.42 Å². The minimum Gasteiger partial charge on any atom is -0.456 e. The predicted molar refractivity (Wildman–Crippen MR) is 120 cm³/mol. The number of nitriles is 1. The average molecular weight is 478 g/mol. The zero-order chi connectivity index (χ0) is 21.1. The quantitative estimate of drug-likeness (QED) is 0.179. The van der Waals surface area contributed by atoms with E-state index in [0.717, 1.165) is 15.7 Å². The summed E-state index contributed by atoms with van der Waals surface area (Å²) < 4.78 is 6.74. The van der Waals surface area contributed by atoms with Gasteiger partial charge in [-0.05, 0) is 30.3 Å². The number of halogens is 1. The van der Waals surface area contributed by atoms with Gasteiger partial charge in [0.05, 0.1) is 21.8 Å². The number of rotatable bonds is 5. The van der Waals surface area contributed by atoms with Gasteiger partial charge in [-0.25, -0.2) is 4.98 Å². The number of allylic oxidation sites excluding steroid dienone is 1. The monoisotopic (exact) mass is 477 g/mol. The van der Waals surface area contributed by atoms with Crippen molar-refractivity contribution in [2.75, 3.05) is 0 Å². The van der Waals surface area contributed by atoms with Crippen molar-refractivity contribution >= 4 is 44.6 Å². The van der Waals surface area contributed by atoms with Crippen molar-refractivity contribution in [1.29, 1.82) is 5.26 Å². The molecule has 2 aromatic heterocycles. The summed E-state index contributed by atoms with van der Waals surface area (Å²) in [5, 5.41) is 23.3. The van der Waals surface area contributed by atoms with Gasteiger partial charge in [0.1, 0.15) is 22.6 Å². The van der Waals surface area contributed by atoms with Gasteiger partial charge in [-0.15, -0.1) is 11.3 Å². The van der Waals surface area contributed by atoms with Crippen molar-refractivity contribution in [3.8, 4) is 28.7 Å². The molecule has 8 heteroatoms. The molecule has 4 aromatic rings. The topological polar surface area (TPSA) is 93.0 Å². The lowest BCUT2D eigenvalue weighted by atomic mass is 10.1. The molecule has 0 aliphatic heterocycles. The Labute approximate surface area is 184 Å². The van der Waals surface area contributed by atoms with E-state index in [1.165, 1.54) is 17.4 Å². The standard InChI is InChI=1S/C22H12BrN3O3S/c23-16-7-5-14(6-8-16)19-13-30-22(25-19)15(12-24)11-17-9-10-21(29-17)18-3-1-2-4-20(18)26(27)28/h1-11,13H/b15-11+. The maximum atomic E-state index is 11.2. The van der Waals surface area contributed by atoms with E-state index in [0.29, 0.717) is 27.7 Å². The molecule has 0 spiro atoms. The SMILES string of the molecule is N#C/C(=C\c1ccc(-c2ccccc2[N+](=O)[O-])o1)c1nc(-c2ccc(Br)cc2)cs1. The third-order valence-corrected chi connectivity index (χ3v) is 5.68. The van der Waals surface area contributed by atoms with Crippen LogP contribution in [0.5, 0.6) is 0 Å². The van der Waals surface area contributed by atoms with Crippen LogP contribution in [0.15, 0.2) is 74.9 Å². The molecule has 6 nitrogen and oxygen atoms in total. The highest BCUT2D eigenvalue weighted by molar-refractivity contribution is 9.10. The van der Waals surface area contributed by atoms with Crippen LogP contribution in [0.3, 0.4) is 0 Å². The van der Waals surface area contributed by atoms with E-state index in [9.17, 15) is 15.4 Å². The minimum atomic E-state index is -0.451. The molecule has 2 aromatic carbocycles. The number of nitrogens with zero attached hydrogens (tertiary/aromatic N) is 3. The van der Waals surface area contributed by atoms with Crippen molar-refractivity contribution in [1.82, 2.24) is 4.98 Å². The summed E-state index contributed by atoms with van der Waals surface area (Å²) in [5.41, 5.74) is 2.43. The fraction of sp³-hybridized carbons (Fsp3) is 0. The van der Waals surface area contributed by atoms with Gasteiger partial charge in [-0.3, -0.25) is 10.1 Å². The Morgan fingerprint density at radius 2 is 1.93 bits per heavy atom. The van der Waals surface area contributed by atoms with Crippen LogP contribution in [0.2, 0.25) is 0 Å². The van der Waals surface area contributed by atoms with Crippen molar-refractivity contribution in [3.63, 3.8) is 0 Å². The van der Waals surface area contributed by atoms with Crippen molar-refractivity contribution in [3.05, 3.63) is 91.4 Å². The molecule has 2 heterocycles. The first kappa shape index (κ1) is 19.8. The molecule has 0 saturated heterocycles. The van der Waals surface area contributed by atoms with E-state index in [-0.39, 0.29) is 5.69 Å². The van der Waals surface area contributed by atoms with Crippen LogP contribution < -0.4 is 0 Å². The van der Waals surface area contributed by atoms with Crippen LogP contribution in [0, 0.1) is 21.4 Å². The summed E-state index contributed by atoms with van der Waals surface area (Å²) in [7, 11) is 0. The lowest BCUT2D eigenvalue weighted by molar-refractivity contribution is -0.384. The van der Waals surface area contributed by atoms with Crippen LogP contribution in [0.4, 0.5) is 5.69 Å². The number of furan rings is 1. The first-order valence-electron chi connectivity index (χ1n) is 8.72. The number of hydrogen-bond donors (Lipinski definition) is 0. The van der Waals surface area contributed by atoms with Crippen LogP contribution in [0.1, 0.15) is 10.8 Å². The van der Waals surface area contributed by atoms with Crippen LogP contribution >= 0.6 is 27.3 Å². The second kappa shape index (κ2) is 8.45. The van der Waals surface area contributed by atoms with Crippen molar-refractivity contribution < 1.29 is 9.34 Å². The zero-order valence-electron chi connectivity index (χ0n) is 15.3. The van der Waals surface area contributed by atoms with E-state index in [4.69, 9.17) is 4.42 Å². The van der Waals surface area contributed by atoms with Gasteiger partial charge in [0, 0.05) is 27.6 Å². The van der Waals surface area contributed by atoms with Gasteiger partial charge in [0.15, 0.2) is 0 Å². The molecule has 4 rings (SSSR count). The summed E-state index contributed by atoms with van der Waals surface area (Å²) >= 11 is 4.77. The highest BCUT2D eigenvalue weighted by atomic mass is 79.9. The molecule has 0 amide bonds. The zero-order valence-corrected chi connectivity index (χ0v) is 17.7. The fourth-order valence-electron chi connectivity index (χ4n) is 2.85. The molecule has 0 fully saturated rings. The number of hydrogen-bond acceptors (Lipinski definition) is 6. The summed E-state index contributed by atoms with van der Waals surface area (Å²) in [4.78, 5) is 15.4. The van der Waals surface area contributed by atoms with Gasteiger partial charge in [0.2, 0.25) is 0 Å². The molecule has 0 radical (unpaired) electrons. The Morgan fingerprint density at radius 1 is 1.17 bits per heavy atom. The lowest BCUT2D eigenvalue weighted by Gasteiger charge is -1.99. The van der Waals surface area contributed by atoms with Gasteiger partial charge >= 0.3 is 0 Å². The second-order valence-corrected chi connectivity index (χ2v) is 7.96. The fourth-order valence-corrected chi connectivity index (χ4v) is 3.91. The molecule has 0 saturated carbocycles. The Balaban J connectivity index is 1.64. The number of aromatic nitrogens is 1. The Hall–Kier alpha value is -3.54. The summed E-state index contributed by atoms with van der Waals surface area (Å²) in [6, 6.07) is 19.6. The highest BCUT2D eigenvalue weighted by Gasteiger charge is 2.17. The van der Waals surface area contributed by atoms with E-state index in [1.807, 2.05) is 29.6 Å². The Morgan fingerprint density at radius 3 is 2.67 bits per heavy atom. The lowest BCUT2D eigenvalue weighted by Crippen LogP contribution is -1.90. The smallest absolute Gasteiger partial charge is 0.280 e. The number of thiazole rings is 1. The molecule has 30 heavy (non-hydrogen) atoms. The van der Waals surface area contributed by atoms with Gasteiger partial charge in [0.25, 0.3) is 5.69 Å². The number of para-hydroxylation sites is 1. The molecule has 146 valence electrons. The summed E-state index contributed by atoms with van der Waals surface area (Å²) in [6.07, 6.45) is 1.59. The highest BCUT2D eigenvalue weighted by Crippen LogP contribution is 2.33. The van der Waals surface area contributed by atoms with Crippen LogP contribution in [-0.2, 0) is 0 Å². The molecular weight excluding hydrogens is 466 g/mol. The predicted octanol–water partition coefficient (Wildman–Crippen LogP) is 6.80. The van der Waals surface area contributed by atoms with E-state index < -0.39 is 4.92 Å². The van der Waals surface area contributed by atoms with Crippen molar-refractivity contribution in [2.24, 2.45) is 0 Å². The normalized spacial score (nSPS) is 11.3. The van der Waals surface area contributed by atoms with E-state index in [2.05, 4.69) is 27.0 Å². The molecule has 0 aliphatic carbocycles. The molecule has 0 aliphatic rings. The second-order valence-electron chi connectivity index (χ2n) is 6.19. The number of nitro benzene ring substituents is 1.